The van der Waals surface area contributed by atoms with Crippen molar-refractivity contribution >= 4 is 29.2 Å². The summed E-state index contributed by atoms with van der Waals surface area (Å²) in [6.45, 7) is 0. The summed E-state index contributed by atoms with van der Waals surface area (Å²) < 4.78 is 0. The van der Waals surface area contributed by atoms with E-state index >= 15 is 0 Å². The number of nitrogens with zero attached hydrogens (tertiary/aromatic N) is 1. The number of anilines is 1. The van der Waals surface area contributed by atoms with Gasteiger partial charge in [-0.3, -0.25) is 4.79 Å². The van der Waals surface area contributed by atoms with Gasteiger partial charge in [-0.1, -0.05) is 41.9 Å². The van der Waals surface area contributed by atoms with Gasteiger partial charge in [0, 0.05) is 17.8 Å². The van der Waals surface area contributed by atoms with Gasteiger partial charge in [0.05, 0.1) is 0 Å². The fraction of sp³-hybridized carbons (Fsp3) is 0.176. The first-order chi connectivity index (χ1) is 10.9. The molecule has 23 heavy (non-hydrogen) atoms. The topological polar surface area (TPSA) is 77.8 Å². The first-order valence-corrected chi connectivity index (χ1v) is 7.28. The molecule has 0 bridgehead atoms. The fourth-order valence-corrected chi connectivity index (χ4v) is 2.61. The summed E-state index contributed by atoms with van der Waals surface area (Å²) in [6, 6.07) is 13.7. The molecule has 0 aromatic heterocycles. The van der Waals surface area contributed by atoms with Gasteiger partial charge in [0.2, 0.25) is 0 Å². The third kappa shape index (κ3) is 3.81. The average Bonchev–Trinajstić information content (AvgIpc) is 2.53. The second-order valence-corrected chi connectivity index (χ2v) is 5.53. The van der Waals surface area contributed by atoms with Crippen molar-refractivity contribution in [1.82, 2.24) is 0 Å². The van der Waals surface area contributed by atoms with E-state index in [0.717, 1.165) is 0 Å². The summed E-state index contributed by atoms with van der Waals surface area (Å²) in [7, 11) is 1.57. The smallest absolute Gasteiger partial charge is 0.327 e. The third-order valence-corrected chi connectivity index (χ3v) is 3.90. The molecule has 5 nitrogen and oxygen atoms in total. The molecule has 2 unspecified atom stereocenters. The summed E-state index contributed by atoms with van der Waals surface area (Å²) >= 11 is 5.82. The molecular weight excluding hydrogens is 318 g/mol. The number of hydrogen-bond acceptors (Lipinski definition) is 3. The maximum absolute atomic E-state index is 11.8. The quantitative estimate of drug-likeness (QED) is 0.849. The highest BCUT2D eigenvalue weighted by Gasteiger charge is 2.38. The molecule has 2 rings (SSSR count). The predicted octanol–water partition coefficient (Wildman–Crippen LogP) is 3.10. The number of hydrogen-bond donors (Lipinski definition) is 2. The molecule has 2 aromatic rings. The molecule has 0 saturated heterocycles. The Balaban J connectivity index is 2.45. The molecule has 0 fully saturated rings. The zero-order valence-corrected chi connectivity index (χ0v) is 13.1. The van der Waals surface area contributed by atoms with E-state index in [0.29, 0.717) is 16.3 Å². The molecular formula is C17H16ClNO4. The number of rotatable bonds is 6. The normalized spacial score (nSPS) is 13.1. The summed E-state index contributed by atoms with van der Waals surface area (Å²) in [5.41, 5.74) is 1.01. The van der Waals surface area contributed by atoms with Crippen molar-refractivity contribution in [3.8, 4) is 0 Å². The van der Waals surface area contributed by atoms with Gasteiger partial charge in [-0.2, -0.15) is 0 Å². The summed E-state index contributed by atoms with van der Waals surface area (Å²) in [5, 5.41) is 19.7. The van der Waals surface area contributed by atoms with Crippen LogP contribution in [0.1, 0.15) is 11.5 Å². The molecule has 6 heteroatoms. The molecule has 0 saturated carbocycles. The lowest BCUT2D eigenvalue weighted by molar-refractivity contribution is -0.146. The van der Waals surface area contributed by atoms with Gasteiger partial charge in [0.1, 0.15) is 12.0 Å². The van der Waals surface area contributed by atoms with E-state index < -0.39 is 23.9 Å². The van der Waals surface area contributed by atoms with Crippen LogP contribution in [-0.2, 0) is 9.59 Å². The minimum Gasteiger partial charge on any atom is -0.481 e. The Hall–Kier alpha value is -2.53. The summed E-state index contributed by atoms with van der Waals surface area (Å²) in [5.74, 6) is -3.64. The highest BCUT2D eigenvalue weighted by Crippen LogP contribution is 2.28. The van der Waals surface area contributed by atoms with E-state index in [1.165, 1.54) is 17.0 Å². The van der Waals surface area contributed by atoms with Gasteiger partial charge in [-0.05, 0) is 29.8 Å². The SMILES string of the molecule is CN(c1ccccc1)C(C(=O)O)C(C(=O)O)c1ccc(Cl)cc1. The van der Waals surface area contributed by atoms with Crippen LogP contribution in [0.4, 0.5) is 5.69 Å². The van der Waals surface area contributed by atoms with Gasteiger partial charge in [0.25, 0.3) is 0 Å². The number of likely N-dealkylation sites (N-methyl/N-ethyl adjacent to an activating group) is 1. The van der Waals surface area contributed by atoms with Crippen molar-refractivity contribution in [3.05, 3.63) is 65.2 Å². The van der Waals surface area contributed by atoms with Crippen LogP contribution in [0, 0.1) is 0 Å². The Kier molecular flexibility index (Phi) is 5.24. The molecule has 0 heterocycles. The molecule has 0 spiro atoms. The lowest BCUT2D eigenvalue weighted by atomic mass is 9.90. The monoisotopic (exact) mass is 333 g/mol. The molecule has 2 atom stereocenters. The Morgan fingerprint density at radius 3 is 2.00 bits per heavy atom. The summed E-state index contributed by atoms with van der Waals surface area (Å²) in [6.07, 6.45) is 0. The van der Waals surface area contributed by atoms with E-state index in [2.05, 4.69) is 0 Å². The minimum absolute atomic E-state index is 0.386. The van der Waals surface area contributed by atoms with Gasteiger partial charge in [0.15, 0.2) is 0 Å². The standard InChI is InChI=1S/C17H16ClNO4/c1-19(13-5-3-2-4-6-13)15(17(22)23)14(16(20)21)11-7-9-12(18)10-8-11/h2-10,14-15H,1H3,(H,20,21)(H,22,23). The van der Waals surface area contributed by atoms with Crippen molar-refractivity contribution in [1.29, 1.82) is 0 Å². The molecule has 2 N–H and O–H groups in total. The van der Waals surface area contributed by atoms with Gasteiger partial charge < -0.3 is 15.1 Å². The molecule has 0 radical (unpaired) electrons. The van der Waals surface area contributed by atoms with Crippen LogP contribution in [0.2, 0.25) is 5.02 Å². The number of para-hydroxylation sites is 1. The lowest BCUT2D eigenvalue weighted by Gasteiger charge is -2.31. The third-order valence-electron chi connectivity index (χ3n) is 3.64. The van der Waals surface area contributed by atoms with Crippen LogP contribution in [0.25, 0.3) is 0 Å². The predicted molar refractivity (Wildman–Crippen MR) is 88.1 cm³/mol. The number of carboxylic acids is 2. The van der Waals surface area contributed by atoms with Gasteiger partial charge in [-0.15, -0.1) is 0 Å². The summed E-state index contributed by atoms with van der Waals surface area (Å²) in [4.78, 5) is 25.0. The molecule has 0 amide bonds. The van der Waals surface area contributed by atoms with Crippen molar-refractivity contribution in [3.63, 3.8) is 0 Å². The van der Waals surface area contributed by atoms with Crippen molar-refractivity contribution < 1.29 is 19.8 Å². The zero-order valence-electron chi connectivity index (χ0n) is 12.4. The fourth-order valence-electron chi connectivity index (χ4n) is 2.49. The first-order valence-electron chi connectivity index (χ1n) is 6.90. The number of carboxylic acid groups (broad SMARTS) is 2. The second kappa shape index (κ2) is 7.15. The molecule has 2 aromatic carbocycles. The second-order valence-electron chi connectivity index (χ2n) is 5.10. The van der Waals surface area contributed by atoms with E-state index in [1.807, 2.05) is 0 Å². The van der Waals surface area contributed by atoms with Crippen LogP contribution >= 0.6 is 11.6 Å². The van der Waals surface area contributed by atoms with Crippen LogP contribution in [-0.4, -0.2) is 35.2 Å². The maximum atomic E-state index is 11.8. The van der Waals surface area contributed by atoms with Crippen LogP contribution in [0.5, 0.6) is 0 Å². The molecule has 0 aliphatic carbocycles. The number of carbonyl (C=O) groups is 2. The lowest BCUT2D eigenvalue weighted by Crippen LogP contribution is -2.46. The highest BCUT2D eigenvalue weighted by atomic mass is 35.5. The number of benzene rings is 2. The van der Waals surface area contributed by atoms with Crippen molar-refractivity contribution in [2.75, 3.05) is 11.9 Å². The highest BCUT2D eigenvalue weighted by molar-refractivity contribution is 6.30. The Bertz CT molecular complexity index is 687. The van der Waals surface area contributed by atoms with Crippen molar-refractivity contribution in [2.24, 2.45) is 0 Å². The van der Waals surface area contributed by atoms with E-state index in [9.17, 15) is 19.8 Å². The molecule has 120 valence electrons. The first kappa shape index (κ1) is 16.8. The Morgan fingerprint density at radius 1 is 0.957 bits per heavy atom. The number of halogens is 1. The van der Waals surface area contributed by atoms with E-state index in [-0.39, 0.29) is 0 Å². The van der Waals surface area contributed by atoms with Crippen LogP contribution in [0.15, 0.2) is 54.6 Å². The minimum atomic E-state index is -1.25. The van der Waals surface area contributed by atoms with Gasteiger partial charge in [-0.25, -0.2) is 4.79 Å². The van der Waals surface area contributed by atoms with Crippen LogP contribution in [0.3, 0.4) is 0 Å². The van der Waals surface area contributed by atoms with E-state index in [4.69, 9.17) is 11.6 Å². The molecule has 0 aliphatic heterocycles. The zero-order chi connectivity index (χ0) is 17.0. The van der Waals surface area contributed by atoms with Crippen molar-refractivity contribution in [2.45, 2.75) is 12.0 Å². The molecule has 0 aliphatic rings. The largest absolute Gasteiger partial charge is 0.481 e. The Morgan fingerprint density at radius 2 is 1.52 bits per heavy atom. The Labute approximate surface area is 138 Å². The van der Waals surface area contributed by atoms with E-state index in [1.54, 1.807) is 49.5 Å². The maximum Gasteiger partial charge on any atom is 0.327 e. The average molecular weight is 334 g/mol. The van der Waals surface area contributed by atoms with Gasteiger partial charge >= 0.3 is 11.9 Å². The van der Waals surface area contributed by atoms with Crippen LogP contribution < -0.4 is 4.90 Å². The number of aliphatic carboxylic acids is 2.